The number of esters is 1. The van der Waals surface area contributed by atoms with Crippen LogP contribution in [-0.2, 0) is 0 Å². The normalized spacial score (nSPS) is 10.2. The van der Waals surface area contributed by atoms with Gasteiger partial charge in [-0.15, -0.1) is 0 Å². The monoisotopic (exact) mass is 312 g/mol. The van der Waals surface area contributed by atoms with Gasteiger partial charge in [-0.3, -0.25) is 4.79 Å². The molecule has 0 unspecified atom stereocenters. The molecule has 0 spiro atoms. The molecule has 23 heavy (non-hydrogen) atoms. The number of carbonyl (C=O) groups excluding carboxylic acids is 2. The van der Waals surface area contributed by atoms with Crippen molar-refractivity contribution in [2.24, 2.45) is 0 Å². The molecule has 0 radical (unpaired) electrons. The molecule has 0 aliphatic rings. The lowest BCUT2D eigenvalue weighted by atomic mass is 10.1. The third-order valence-electron chi connectivity index (χ3n) is 3.27. The van der Waals surface area contributed by atoms with Gasteiger partial charge in [0.1, 0.15) is 11.5 Å². The molecule has 2 aromatic carbocycles. The Bertz CT molecular complexity index is 657. The average Bonchev–Trinajstić information content (AvgIpc) is 2.60. The Labute approximate surface area is 136 Å². The number of ether oxygens (including phenoxy) is 2. The third kappa shape index (κ3) is 4.68. The maximum absolute atomic E-state index is 12.1. The molecule has 0 amide bonds. The van der Waals surface area contributed by atoms with Crippen LogP contribution in [0.5, 0.6) is 11.5 Å². The molecule has 2 rings (SSSR count). The van der Waals surface area contributed by atoms with E-state index in [9.17, 15) is 9.59 Å². The minimum Gasteiger partial charge on any atom is -0.494 e. The molecule has 2 aromatic rings. The molecule has 0 fully saturated rings. The molecule has 0 bridgehead atoms. The molecule has 120 valence electrons. The van der Waals surface area contributed by atoms with E-state index in [-0.39, 0.29) is 5.78 Å². The number of carbonyl (C=O) groups is 2. The van der Waals surface area contributed by atoms with Crippen LogP contribution in [0.3, 0.4) is 0 Å². The average molecular weight is 312 g/mol. The van der Waals surface area contributed by atoms with E-state index in [4.69, 9.17) is 9.47 Å². The SMILES string of the molecule is CCCOc1ccc(C(=O)Oc2ccc(C(=O)CC)cc2)cc1. The van der Waals surface area contributed by atoms with Gasteiger partial charge in [-0.05, 0) is 55.0 Å². The summed E-state index contributed by atoms with van der Waals surface area (Å²) in [5.74, 6) is 0.756. The second-order valence-electron chi connectivity index (χ2n) is 5.06. The lowest BCUT2D eigenvalue weighted by Gasteiger charge is -2.07. The van der Waals surface area contributed by atoms with Crippen LogP contribution in [0.4, 0.5) is 0 Å². The Balaban J connectivity index is 1.99. The highest BCUT2D eigenvalue weighted by Gasteiger charge is 2.10. The predicted octanol–water partition coefficient (Wildman–Crippen LogP) is 4.29. The zero-order valence-corrected chi connectivity index (χ0v) is 13.4. The topological polar surface area (TPSA) is 52.6 Å². The lowest BCUT2D eigenvalue weighted by Crippen LogP contribution is -2.08. The van der Waals surface area contributed by atoms with Crippen LogP contribution < -0.4 is 9.47 Å². The highest BCUT2D eigenvalue weighted by molar-refractivity contribution is 5.96. The first-order chi connectivity index (χ1) is 11.1. The van der Waals surface area contributed by atoms with E-state index in [2.05, 4.69) is 0 Å². The van der Waals surface area contributed by atoms with Gasteiger partial charge in [0, 0.05) is 12.0 Å². The molecular weight excluding hydrogens is 292 g/mol. The molecule has 0 N–H and O–H groups in total. The summed E-state index contributed by atoms with van der Waals surface area (Å²) in [6, 6.07) is 13.4. The summed E-state index contributed by atoms with van der Waals surface area (Å²) in [5, 5.41) is 0. The number of hydrogen-bond donors (Lipinski definition) is 0. The molecule has 4 heteroatoms. The molecule has 0 aliphatic heterocycles. The maximum Gasteiger partial charge on any atom is 0.343 e. The summed E-state index contributed by atoms with van der Waals surface area (Å²) >= 11 is 0. The van der Waals surface area contributed by atoms with Crippen LogP contribution in [0, 0.1) is 0 Å². The van der Waals surface area contributed by atoms with Crippen molar-refractivity contribution in [1.82, 2.24) is 0 Å². The summed E-state index contributed by atoms with van der Waals surface area (Å²) < 4.78 is 10.8. The minimum absolute atomic E-state index is 0.0607. The second-order valence-corrected chi connectivity index (χ2v) is 5.06. The lowest BCUT2D eigenvalue weighted by molar-refractivity contribution is 0.0734. The van der Waals surface area contributed by atoms with Gasteiger partial charge in [-0.1, -0.05) is 13.8 Å². The summed E-state index contributed by atoms with van der Waals surface area (Å²) in [4.78, 5) is 23.6. The fourth-order valence-electron chi connectivity index (χ4n) is 1.99. The van der Waals surface area contributed by atoms with Crippen LogP contribution in [0.1, 0.15) is 47.4 Å². The zero-order valence-electron chi connectivity index (χ0n) is 13.4. The van der Waals surface area contributed by atoms with Gasteiger partial charge in [-0.2, -0.15) is 0 Å². The van der Waals surface area contributed by atoms with Gasteiger partial charge in [-0.25, -0.2) is 4.79 Å². The summed E-state index contributed by atoms with van der Waals surface area (Å²) in [5.41, 5.74) is 1.06. The van der Waals surface area contributed by atoms with E-state index >= 15 is 0 Å². The molecule has 0 heterocycles. The third-order valence-corrected chi connectivity index (χ3v) is 3.27. The van der Waals surface area contributed by atoms with Gasteiger partial charge in [0.2, 0.25) is 0 Å². The van der Waals surface area contributed by atoms with Crippen molar-refractivity contribution in [3.05, 3.63) is 59.7 Å². The van der Waals surface area contributed by atoms with Gasteiger partial charge in [0.05, 0.1) is 12.2 Å². The van der Waals surface area contributed by atoms with Crippen LogP contribution in [0.15, 0.2) is 48.5 Å². The van der Waals surface area contributed by atoms with Gasteiger partial charge in [0.15, 0.2) is 5.78 Å². The van der Waals surface area contributed by atoms with Crippen molar-refractivity contribution in [3.8, 4) is 11.5 Å². The standard InChI is InChI=1S/C19H20O4/c1-3-13-22-16-9-7-15(8-10-16)19(21)23-17-11-5-14(6-12-17)18(20)4-2/h5-12H,3-4,13H2,1-2H3. The van der Waals surface area contributed by atoms with Crippen LogP contribution in [0.25, 0.3) is 0 Å². The first-order valence-electron chi connectivity index (χ1n) is 7.72. The molecule has 0 aromatic heterocycles. The number of rotatable bonds is 7. The van der Waals surface area contributed by atoms with Gasteiger partial charge >= 0.3 is 5.97 Å². The van der Waals surface area contributed by atoms with Crippen molar-refractivity contribution in [3.63, 3.8) is 0 Å². The Morgan fingerprint density at radius 2 is 1.39 bits per heavy atom. The second kappa shape index (κ2) is 8.13. The largest absolute Gasteiger partial charge is 0.494 e. The molecule has 0 saturated heterocycles. The predicted molar refractivity (Wildman–Crippen MR) is 88.3 cm³/mol. The van der Waals surface area contributed by atoms with Crippen LogP contribution >= 0.6 is 0 Å². The summed E-state index contributed by atoms with van der Waals surface area (Å²) in [7, 11) is 0. The number of Topliss-reactive ketones (excluding diaryl/α,β-unsaturated/α-hetero) is 1. The van der Waals surface area contributed by atoms with E-state index in [1.807, 2.05) is 13.8 Å². The van der Waals surface area contributed by atoms with Crippen molar-refractivity contribution in [2.45, 2.75) is 26.7 Å². The highest BCUT2D eigenvalue weighted by atomic mass is 16.5. The van der Waals surface area contributed by atoms with Gasteiger partial charge in [0.25, 0.3) is 0 Å². The fraction of sp³-hybridized carbons (Fsp3) is 0.263. The minimum atomic E-state index is -0.443. The van der Waals surface area contributed by atoms with E-state index in [1.54, 1.807) is 48.5 Å². The number of benzene rings is 2. The first kappa shape index (κ1) is 16.7. The van der Waals surface area contributed by atoms with Gasteiger partial charge < -0.3 is 9.47 Å². The smallest absolute Gasteiger partial charge is 0.343 e. The highest BCUT2D eigenvalue weighted by Crippen LogP contribution is 2.17. The van der Waals surface area contributed by atoms with Crippen molar-refractivity contribution in [1.29, 1.82) is 0 Å². The van der Waals surface area contributed by atoms with Crippen molar-refractivity contribution >= 4 is 11.8 Å². The Morgan fingerprint density at radius 3 is 1.96 bits per heavy atom. The first-order valence-corrected chi connectivity index (χ1v) is 7.72. The molecule has 4 nitrogen and oxygen atoms in total. The van der Waals surface area contributed by atoms with E-state index < -0.39 is 5.97 Å². The van der Waals surface area contributed by atoms with E-state index in [0.717, 1.165) is 12.2 Å². The molecular formula is C19H20O4. The molecule has 0 saturated carbocycles. The van der Waals surface area contributed by atoms with Crippen LogP contribution in [-0.4, -0.2) is 18.4 Å². The molecule has 0 aliphatic carbocycles. The van der Waals surface area contributed by atoms with E-state index in [0.29, 0.717) is 29.9 Å². The number of ketones is 1. The number of hydrogen-bond acceptors (Lipinski definition) is 4. The summed E-state index contributed by atoms with van der Waals surface area (Å²) in [6.45, 7) is 4.49. The fourth-order valence-corrected chi connectivity index (χ4v) is 1.99. The zero-order chi connectivity index (χ0) is 16.7. The van der Waals surface area contributed by atoms with Crippen molar-refractivity contribution in [2.75, 3.05) is 6.61 Å². The quantitative estimate of drug-likeness (QED) is 0.435. The van der Waals surface area contributed by atoms with Crippen LogP contribution in [0.2, 0.25) is 0 Å². The Morgan fingerprint density at radius 1 is 0.826 bits per heavy atom. The maximum atomic E-state index is 12.1. The van der Waals surface area contributed by atoms with E-state index in [1.165, 1.54) is 0 Å². The van der Waals surface area contributed by atoms with Crippen molar-refractivity contribution < 1.29 is 19.1 Å². The molecule has 0 atom stereocenters. The Kier molecular flexibility index (Phi) is 5.92. The summed E-state index contributed by atoms with van der Waals surface area (Å²) in [6.07, 6.45) is 1.38. The Hall–Kier alpha value is -2.62.